The van der Waals surface area contributed by atoms with E-state index in [0.29, 0.717) is 43.1 Å². The smallest absolute Gasteiger partial charge is 0.243 e. The van der Waals surface area contributed by atoms with Crippen molar-refractivity contribution in [3.63, 3.8) is 0 Å². The Bertz CT molecular complexity index is 883. The highest BCUT2D eigenvalue weighted by molar-refractivity contribution is 6.00. The SMILES string of the molecule is N[C@H](CC1CC1)C(=O)NC(=O)[C@@H]1CCCN1Cc1cc(F)ccc1-n1cncn1. The van der Waals surface area contributed by atoms with Crippen molar-refractivity contribution in [2.75, 3.05) is 6.54 Å². The summed E-state index contributed by atoms with van der Waals surface area (Å²) in [4.78, 5) is 30.9. The summed E-state index contributed by atoms with van der Waals surface area (Å²) in [5.41, 5.74) is 7.33. The molecule has 0 radical (unpaired) electrons. The minimum absolute atomic E-state index is 0.336. The lowest BCUT2D eigenvalue weighted by Gasteiger charge is -2.25. The molecule has 2 amide bonds. The minimum atomic E-state index is -0.650. The first-order valence-corrected chi connectivity index (χ1v) is 9.99. The Morgan fingerprint density at radius 2 is 2.14 bits per heavy atom. The van der Waals surface area contributed by atoms with Gasteiger partial charge < -0.3 is 5.73 Å². The first kappa shape index (κ1) is 19.7. The average Bonchev–Trinajstić information content (AvgIpc) is 3.16. The molecule has 2 aromatic rings. The fourth-order valence-electron chi connectivity index (χ4n) is 3.89. The molecule has 4 rings (SSSR count). The normalized spacial score (nSPS) is 20.6. The van der Waals surface area contributed by atoms with Crippen molar-refractivity contribution in [2.24, 2.45) is 11.7 Å². The third-order valence-corrected chi connectivity index (χ3v) is 5.61. The molecule has 154 valence electrons. The quantitative estimate of drug-likeness (QED) is 0.722. The predicted molar refractivity (Wildman–Crippen MR) is 103 cm³/mol. The van der Waals surface area contributed by atoms with Crippen molar-refractivity contribution in [2.45, 2.75) is 50.7 Å². The first-order valence-electron chi connectivity index (χ1n) is 9.99. The standard InChI is InChI=1S/C20H25FN6O2/c21-15-5-6-17(27-12-23-11-24-27)14(9-15)10-26-7-1-2-18(26)20(29)25-19(28)16(22)8-13-3-4-13/h5-6,9,11-13,16,18H,1-4,7-8,10,22H2,(H,25,28,29)/t16-,18+/m1/s1. The summed E-state index contributed by atoms with van der Waals surface area (Å²) in [6.45, 7) is 1.06. The largest absolute Gasteiger partial charge is 0.320 e. The number of benzene rings is 1. The van der Waals surface area contributed by atoms with Crippen LogP contribution < -0.4 is 11.1 Å². The van der Waals surface area contributed by atoms with Crippen LogP contribution in [-0.2, 0) is 16.1 Å². The van der Waals surface area contributed by atoms with E-state index in [4.69, 9.17) is 5.73 Å². The molecule has 2 aliphatic rings. The van der Waals surface area contributed by atoms with Crippen LogP contribution in [0.1, 0.15) is 37.7 Å². The number of hydrogen-bond acceptors (Lipinski definition) is 6. The number of amides is 2. The van der Waals surface area contributed by atoms with Gasteiger partial charge in [0.2, 0.25) is 11.8 Å². The van der Waals surface area contributed by atoms with Gasteiger partial charge in [-0.05, 0) is 55.5 Å². The Kier molecular flexibility index (Phi) is 5.68. The fourth-order valence-corrected chi connectivity index (χ4v) is 3.89. The van der Waals surface area contributed by atoms with Crippen LogP contribution in [0, 0.1) is 11.7 Å². The van der Waals surface area contributed by atoms with Crippen molar-refractivity contribution in [3.05, 3.63) is 42.2 Å². The lowest BCUT2D eigenvalue weighted by atomic mass is 10.1. The van der Waals surface area contributed by atoms with Gasteiger partial charge in [0.05, 0.1) is 17.8 Å². The monoisotopic (exact) mass is 400 g/mol. The number of rotatable bonds is 7. The lowest BCUT2D eigenvalue weighted by molar-refractivity contribution is -0.134. The second kappa shape index (κ2) is 8.38. The molecule has 1 saturated heterocycles. The van der Waals surface area contributed by atoms with E-state index < -0.39 is 18.0 Å². The van der Waals surface area contributed by atoms with Gasteiger partial charge in [0, 0.05) is 6.54 Å². The number of hydrogen-bond donors (Lipinski definition) is 2. The van der Waals surface area contributed by atoms with E-state index >= 15 is 0 Å². The fraction of sp³-hybridized carbons (Fsp3) is 0.500. The highest BCUT2D eigenvalue weighted by Gasteiger charge is 2.34. The highest BCUT2D eigenvalue weighted by atomic mass is 19.1. The number of nitrogens with zero attached hydrogens (tertiary/aromatic N) is 4. The number of nitrogens with one attached hydrogen (secondary N) is 1. The zero-order valence-electron chi connectivity index (χ0n) is 16.1. The number of likely N-dealkylation sites (tertiary alicyclic amines) is 1. The van der Waals surface area contributed by atoms with E-state index in [1.807, 2.05) is 4.90 Å². The molecule has 2 heterocycles. The van der Waals surface area contributed by atoms with Crippen LogP contribution in [-0.4, -0.2) is 50.1 Å². The summed E-state index contributed by atoms with van der Waals surface area (Å²) in [7, 11) is 0. The lowest BCUT2D eigenvalue weighted by Crippen LogP contribution is -2.50. The molecule has 1 saturated carbocycles. The van der Waals surface area contributed by atoms with Gasteiger partial charge in [-0.3, -0.25) is 19.8 Å². The minimum Gasteiger partial charge on any atom is -0.320 e. The van der Waals surface area contributed by atoms with Crippen molar-refractivity contribution >= 4 is 11.8 Å². The van der Waals surface area contributed by atoms with Gasteiger partial charge in [0.25, 0.3) is 0 Å². The highest BCUT2D eigenvalue weighted by Crippen LogP contribution is 2.33. The molecule has 0 unspecified atom stereocenters. The summed E-state index contributed by atoms with van der Waals surface area (Å²) in [5, 5.41) is 6.60. The molecule has 2 fully saturated rings. The van der Waals surface area contributed by atoms with Crippen molar-refractivity contribution < 1.29 is 14.0 Å². The summed E-state index contributed by atoms with van der Waals surface area (Å²) < 4.78 is 15.5. The first-order chi connectivity index (χ1) is 14.0. The van der Waals surface area contributed by atoms with E-state index in [0.717, 1.165) is 19.3 Å². The van der Waals surface area contributed by atoms with Crippen LogP contribution in [0.2, 0.25) is 0 Å². The van der Waals surface area contributed by atoms with E-state index in [-0.39, 0.29) is 11.7 Å². The summed E-state index contributed by atoms with van der Waals surface area (Å²) in [6, 6.07) is 3.36. The topological polar surface area (TPSA) is 106 Å². The second-order valence-corrected chi connectivity index (χ2v) is 7.88. The molecule has 2 atom stereocenters. The number of halogens is 1. The van der Waals surface area contributed by atoms with Crippen molar-refractivity contribution in [1.29, 1.82) is 0 Å². The van der Waals surface area contributed by atoms with Crippen LogP contribution in [0.15, 0.2) is 30.9 Å². The Morgan fingerprint density at radius 1 is 1.31 bits per heavy atom. The molecule has 0 bridgehead atoms. The molecular weight excluding hydrogens is 375 g/mol. The molecule has 1 aliphatic heterocycles. The number of carbonyl (C=O) groups excluding carboxylic acids is 2. The van der Waals surface area contributed by atoms with Crippen LogP contribution in [0.5, 0.6) is 0 Å². The number of imide groups is 1. The molecule has 9 heteroatoms. The Balaban J connectivity index is 1.44. The maximum atomic E-state index is 13.9. The molecule has 1 aliphatic carbocycles. The zero-order chi connectivity index (χ0) is 20.4. The second-order valence-electron chi connectivity index (χ2n) is 7.88. The van der Waals surface area contributed by atoms with Crippen molar-refractivity contribution in [1.82, 2.24) is 25.0 Å². The van der Waals surface area contributed by atoms with Crippen LogP contribution in [0.4, 0.5) is 4.39 Å². The maximum absolute atomic E-state index is 13.9. The molecule has 1 aromatic heterocycles. The molecule has 1 aromatic carbocycles. The summed E-state index contributed by atoms with van der Waals surface area (Å²) in [5.74, 6) is -0.595. The zero-order valence-corrected chi connectivity index (χ0v) is 16.1. The molecule has 0 spiro atoms. The predicted octanol–water partition coefficient (Wildman–Crippen LogP) is 1.14. The Hall–Kier alpha value is -2.65. The molecule has 29 heavy (non-hydrogen) atoms. The number of carbonyl (C=O) groups is 2. The van der Waals surface area contributed by atoms with E-state index in [1.54, 1.807) is 17.1 Å². The summed E-state index contributed by atoms with van der Waals surface area (Å²) >= 11 is 0. The van der Waals surface area contributed by atoms with E-state index in [9.17, 15) is 14.0 Å². The van der Waals surface area contributed by atoms with Gasteiger partial charge in [0.1, 0.15) is 18.5 Å². The van der Waals surface area contributed by atoms with Crippen LogP contribution >= 0.6 is 0 Å². The van der Waals surface area contributed by atoms with Crippen LogP contribution in [0.3, 0.4) is 0 Å². The van der Waals surface area contributed by atoms with E-state index in [2.05, 4.69) is 15.4 Å². The van der Waals surface area contributed by atoms with Gasteiger partial charge in [0.15, 0.2) is 0 Å². The van der Waals surface area contributed by atoms with Gasteiger partial charge in [-0.25, -0.2) is 14.1 Å². The average molecular weight is 400 g/mol. The Morgan fingerprint density at radius 3 is 2.86 bits per heavy atom. The molecule has 3 N–H and O–H groups in total. The maximum Gasteiger partial charge on any atom is 0.243 e. The van der Waals surface area contributed by atoms with Gasteiger partial charge in [-0.2, -0.15) is 5.10 Å². The van der Waals surface area contributed by atoms with Gasteiger partial charge in [-0.15, -0.1) is 0 Å². The Labute approximate surface area is 168 Å². The van der Waals surface area contributed by atoms with E-state index in [1.165, 1.54) is 18.5 Å². The third kappa shape index (κ3) is 4.68. The molecular formula is C20H25FN6O2. The summed E-state index contributed by atoms with van der Waals surface area (Å²) in [6.07, 6.45) is 7.26. The van der Waals surface area contributed by atoms with Gasteiger partial charge in [-0.1, -0.05) is 12.8 Å². The third-order valence-electron chi connectivity index (χ3n) is 5.61. The number of nitrogens with two attached hydrogens (primary N) is 1. The molecule has 8 nitrogen and oxygen atoms in total. The van der Waals surface area contributed by atoms with Crippen molar-refractivity contribution in [3.8, 4) is 5.69 Å². The number of aromatic nitrogens is 3. The van der Waals surface area contributed by atoms with Gasteiger partial charge >= 0.3 is 0 Å². The van der Waals surface area contributed by atoms with Crippen LogP contribution in [0.25, 0.3) is 5.69 Å².